The van der Waals surface area contributed by atoms with Gasteiger partial charge < -0.3 is 5.11 Å². The maximum atomic E-state index is 12.4. The van der Waals surface area contributed by atoms with Crippen LogP contribution in [-0.2, 0) is 5.60 Å². The van der Waals surface area contributed by atoms with Crippen LogP contribution in [-0.4, -0.2) is 23.1 Å². The molecule has 0 radical (unpaired) electrons. The summed E-state index contributed by atoms with van der Waals surface area (Å²) in [5.74, 6) is 0. The Morgan fingerprint density at radius 3 is 1.56 bits per heavy atom. The monoisotopic (exact) mass is 357 g/mol. The van der Waals surface area contributed by atoms with E-state index in [2.05, 4.69) is 29.2 Å². The lowest BCUT2D eigenvalue weighted by atomic mass is 9.76. The molecule has 1 N–H and O–H groups in total. The summed E-state index contributed by atoms with van der Waals surface area (Å²) in [6, 6.07) is 30.6. The fraction of sp³-hybridized carbons (Fsp3) is 0.280. The zero-order chi connectivity index (χ0) is 18.5. The van der Waals surface area contributed by atoms with Gasteiger partial charge in [-0.2, -0.15) is 0 Å². The van der Waals surface area contributed by atoms with Crippen molar-refractivity contribution in [3.05, 3.63) is 108 Å². The molecule has 0 spiro atoms. The van der Waals surface area contributed by atoms with Crippen LogP contribution in [0.15, 0.2) is 91.0 Å². The molecule has 0 amide bonds. The van der Waals surface area contributed by atoms with Gasteiger partial charge in [-0.05, 0) is 42.6 Å². The van der Waals surface area contributed by atoms with Gasteiger partial charge >= 0.3 is 0 Å². The molecule has 0 saturated carbocycles. The molecule has 1 atom stereocenters. The number of hydrogen-bond donors (Lipinski definition) is 1. The number of nitrogens with zero attached hydrogens (tertiary/aromatic N) is 1. The number of likely N-dealkylation sites (tertiary alicyclic amines) is 1. The molecule has 4 rings (SSSR count). The Labute approximate surface area is 162 Å². The van der Waals surface area contributed by atoms with Crippen molar-refractivity contribution in [1.29, 1.82) is 0 Å². The fourth-order valence-electron chi connectivity index (χ4n) is 4.40. The van der Waals surface area contributed by atoms with Crippen molar-refractivity contribution in [3.8, 4) is 0 Å². The van der Waals surface area contributed by atoms with Gasteiger partial charge in [-0.25, -0.2) is 0 Å². The predicted molar refractivity (Wildman–Crippen MR) is 110 cm³/mol. The van der Waals surface area contributed by atoms with Gasteiger partial charge in [0.25, 0.3) is 0 Å². The Morgan fingerprint density at radius 1 is 0.630 bits per heavy atom. The average molecular weight is 357 g/mol. The van der Waals surface area contributed by atoms with Gasteiger partial charge in [0.1, 0.15) is 5.60 Å². The smallest absolute Gasteiger partial charge is 0.134 e. The first kappa shape index (κ1) is 18.0. The number of piperidine rings is 1. The van der Waals surface area contributed by atoms with Gasteiger partial charge in [0.2, 0.25) is 0 Å². The topological polar surface area (TPSA) is 23.5 Å². The number of rotatable bonds is 5. The Hall–Kier alpha value is -2.42. The number of aliphatic hydroxyl groups is 1. The van der Waals surface area contributed by atoms with Crippen LogP contribution in [0, 0.1) is 0 Å². The summed E-state index contributed by atoms with van der Waals surface area (Å²) in [5, 5.41) is 12.4. The first-order chi connectivity index (χ1) is 13.3. The second kappa shape index (κ2) is 8.08. The molecule has 1 heterocycles. The third-order valence-corrected chi connectivity index (χ3v) is 5.69. The van der Waals surface area contributed by atoms with E-state index < -0.39 is 5.60 Å². The zero-order valence-electron chi connectivity index (χ0n) is 15.7. The summed E-state index contributed by atoms with van der Waals surface area (Å²) in [4.78, 5) is 2.47. The second-order valence-electron chi connectivity index (χ2n) is 7.41. The van der Waals surface area contributed by atoms with Crippen LogP contribution in [0.3, 0.4) is 0 Å². The van der Waals surface area contributed by atoms with Crippen molar-refractivity contribution in [3.63, 3.8) is 0 Å². The predicted octanol–water partition coefficient (Wildman–Crippen LogP) is 5.15. The van der Waals surface area contributed by atoms with E-state index in [9.17, 15) is 5.11 Å². The molecule has 1 unspecified atom stereocenters. The SMILES string of the molecule is OC(c1ccccc1)(c1ccccc1)C(c1ccccc1)N1CCCCC1. The van der Waals surface area contributed by atoms with E-state index in [1.807, 2.05) is 66.7 Å². The minimum atomic E-state index is -1.11. The van der Waals surface area contributed by atoms with Crippen LogP contribution in [0.2, 0.25) is 0 Å². The van der Waals surface area contributed by atoms with Gasteiger partial charge in [0, 0.05) is 0 Å². The second-order valence-corrected chi connectivity index (χ2v) is 7.41. The van der Waals surface area contributed by atoms with Crippen LogP contribution in [0.1, 0.15) is 42.0 Å². The van der Waals surface area contributed by atoms with E-state index in [-0.39, 0.29) is 6.04 Å². The maximum absolute atomic E-state index is 12.4. The zero-order valence-corrected chi connectivity index (χ0v) is 15.7. The van der Waals surface area contributed by atoms with Crippen LogP contribution in [0.25, 0.3) is 0 Å². The van der Waals surface area contributed by atoms with Crippen molar-refractivity contribution >= 4 is 0 Å². The standard InChI is InChI=1S/C25H27NO/c27-25(22-15-7-2-8-16-22,23-17-9-3-10-18-23)24(21-13-5-1-6-14-21)26-19-11-4-12-20-26/h1-3,5-10,13-18,24,27H,4,11-12,19-20H2. The van der Waals surface area contributed by atoms with E-state index in [0.717, 1.165) is 29.8 Å². The highest BCUT2D eigenvalue weighted by Gasteiger charge is 2.44. The Balaban J connectivity index is 1.91. The molecule has 1 fully saturated rings. The average Bonchev–Trinajstić information content (AvgIpc) is 2.76. The van der Waals surface area contributed by atoms with Crippen molar-refractivity contribution in [2.75, 3.05) is 13.1 Å². The first-order valence-corrected chi connectivity index (χ1v) is 9.92. The summed E-state index contributed by atoms with van der Waals surface area (Å²) in [7, 11) is 0. The van der Waals surface area contributed by atoms with Gasteiger partial charge in [-0.15, -0.1) is 0 Å². The van der Waals surface area contributed by atoms with Crippen molar-refractivity contribution < 1.29 is 5.11 Å². The Kier molecular flexibility index (Phi) is 5.38. The van der Waals surface area contributed by atoms with Crippen LogP contribution >= 0.6 is 0 Å². The van der Waals surface area contributed by atoms with E-state index >= 15 is 0 Å². The molecule has 2 nitrogen and oxygen atoms in total. The minimum absolute atomic E-state index is 0.121. The molecule has 27 heavy (non-hydrogen) atoms. The molecule has 0 aliphatic carbocycles. The third-order valence-electron chi connectivity index (χ3n) is 5.69. The van der Waals surface area contributed by atoms with Gasteiger partial charge in [0.15, 0.2) is 0 Å². The normalized spacial score (nSPS) is 16.8. The fourth-order valence-corrected chi connectivity index (χ4v) is 4.40. The molecular weight excluding hydrogens is 330 g/mol. The molecular formula is C25H27NO. The summed E-state index contributed by atoms with van der Waals surface area (Å²) in [6.07, 6.45) is 3.64. The molecule has 1 aliphatic heterocycles. The Bertz CT molecular complexity index is 786. The lowest BCUT2D eigenvalue weighted by Crippen LogP contribution is -2.47. The highest BCUT2D eigenvalue weighted by molar-refractivity contribution is 5.41. The molecule has 1 aliphatic rings. The van der Waals surface area contributed by atoms with E-state index in [0.29, 0.717) is 0 Å². The first-order valence-electron chi connectivity index (χ1n) is 9.92. The lowest BCUT2D eigenvalue weighted by Gasteiger charge is -2.45. The van der Waals surface area contributed by atoms with Crippen molar-refractivity contribution in [2.45, 2.75) is 30.9 Å². The van der Waals surface area contributed by atoms with Gasteiger partial charge in [-0.3, -0.25) is 4.90 Å². The third kappa shape index (κ3) is 3.55. The van der Waals surface area contributed by atoms with E-state index in [1.54, 1.807) is 0 Å². The number of hydrogen-bond acceptors (Lipinski definition) is 2. The molecule has 0 aromatic heterocycles. The molecule has 2 heteroatoms. The quantitative estimate of drug-likeness (QED) is 0.682. The lowest BCUT2D eigenvalue weighted by molar-refractivity contribution is -0.0299. The minimum Gasteiger partial charge on any atom is -0.378 e. The molecule has 1 saturated heterocycles. The number of benzene rings is 3. The van der Waals surface area contributed by atoms with Crippen LogP contribution < -0.4 is 0 Å². The molecule has 138 valence electrons. The molecule has 3 aromatic carbocycles. The summed E-state index contributed by atoms with van der Waals surface area (Å²) in [5.41, 5.74) is 1.93. The van der Waals surface area contributed by atoms with Crippen molar-refractivity contribution in [1.82, 2.24) is 4.90 Å². The largest absolute Gasteiger partial charge is 0.378 e. The summed E-state index contributed by atoms with van der Waals surface area (Å²) in [6.45, 7) is 2.03. The highest BCUT2D eigenvalue weighted by Crippen LogP contribution is 2.45. The Morgan fingerprint density at radius 2 is 1.07 bits per heavy atom. The van der Waals surface area contributed by atoms with Crippen LogP contribution in [0.5, 0.6) is 0 Å². The van der Waals surface area contributed by atoms with E-state index in [1.165, 1.54) is 19.3 Å². The maximum Gasteiger partial charge on any atom is 0.134 e. The molecule has 0 bridgehead atoms. The summed E-state index contributed by atoms with van der Waals surface area (Å²) < 4.78 is 0. The summed E-state index contributed by atoms with van der Waals surface area (Å²) >= 11 is 0. The van der Waals surface area contributed by atoms with Gasteiger partial charge in [-0.1, -0.05) is 97.4 Å². The van der Waals surface area contributed by atoms with Gasteiger partial charge in [0.05, 0.1) is 6.04 Å². The van der Waals surface area contributed by atoms with E-state index in [4.69, 9.17) is 0 Å². The van der Waals surface area contributed by atoms with Crippen LogP contribution in [0.4, 0.5) is 0 Å². The highest BCUT2D eigenvalue weighted by atomic mass is 16.3. The molecule has 3 aromatic rings. The van der Waals surface area contributed by atoms with Crippen molar-refractivity contribution in [2.24, 2.45) is 0 Å².